The van der Waals surface area contributed by atoms with Crippen molar-refractivity contribution in [3.05, 3.63) is 94.4 Å². The lowest BCUT2D eigenvalue weighted by Crippen LogP contribution is -2.23. The summed E-state index contributed by atoms with van der Waals surface area (Å²) in [4.78, 5) is 32.5. The first-order valence-corrected chi connectivity index (χ1v) is 17.4. The Labute approximate surface area is 301 Å². The number of carboxylic acid groups (broad SMARTS) is 1. The molecule has 0 aliphatic carbocycles. The number of oxazole rings is 1. The lowest BCUT2D eigenvalue weighted by atomic mass is 9.93. The van der Waals surface area contributed by atoms with Gasteiger partial charge in [0.1, 0.15) is 22.9 Å². The third kappa shape index (κ3) is 7.07. The maximum Gasteiger partial charge on any atom is 0.307 e. The van der Waals surface area contributed by atoms with E-state index < -0.39 is 12.1 Å². The molecule has 1 aliphatic rings. The molecule has 1 unspecified atom stereocenters. The van der Waals surface area contributed by atoms with Gasteiger partial charge in [0.2, 0.25) is 5.89 Å². The molecule has 0 spiro atoms. The van der Waals surface area contributed by atoms with Gasteiger partial charge in [-0.3, -0.25) is 14.7 Å². The molecule has 7 rings (SSSR count). The van der Waals surface area contributed by atoms with E-state index >= 15 is 0 Å². The Balaban J connectivity index is 1.18. The van der Waals surface area contributed by atoms with E-state index in [0.29, 0.717) is 78.9 Å². The Morgan fingerprint density at radius 2 is 1.77 bits per heavy atom. The number of likely N-dealkylation sites (tertiary alicyclic amines) is 1. The molecular formula is C40H40N8O4. The highest BCUT2D eigenvalue weighted by Crippen LogP contribution is 2.38. The van der Waals surface area contributed by atoms with Crippen LogP contribution in [0.3, 0.4) is 0 Å². The van der Waals surface area contributed by atoms with Gasteiger partial charge in [0, 0.05) is 43.6 Å². The van der Waals surface area contributed by atoms with Gasteiger partial charge in [-0.25, -0.2) is 15.0 Å². The Hall–Kier alpha value is -5.74. The first kappa shape index (κ1) is 34.7. The number of rotatable bonds is 11. The molecule has 0 radical (unpaired) electrons. The third-order valence-corrected chi connectivity index (χ3v) is 9.61. The number of nitriles is 1. The summed E-state index contributed by atoms with van der Waals surface area (Å²) in [6.07, 6.45) is 1.98. The fraction of sp³-hybridized carbons (Fsp3) is 0.300. The average Bonchev–Trinajstić information content (AvgIpc) is 3.76. The molecule has 4 heterocycles. The van der Waals surface area contributed by atoms with Crippen LogP contribution in [0.4, 0.5) is 11.5 Å². The van der Waals surface area contributed by atoms with Crippen LogP contribution in [0.15, 0.2) is 65.2 Å². The van der Waals surface area contributed by atoms with E-state index in [2.05, 4.69) is 45.6 Å². The number of hydrogen-bond acceptors (Lipinski definition) is 11. The van der Waals surface area contributed by atoms with Gasteiger partial charge in [0.15, 0.2) is 11.4 Å². The Kier molecular flexibility index (Phi) is 9.66. The van der Waals surface area contributed by atoms with Crippen molar-refractivity contribution in [2.24, 2.45) is 5.92 Å². The number of aromatic nitrogens is 4. The predicted molar refractivity (Wildman–Crippen MR) is 199 cm³/mol. The number of hydrogen-bond donors (Lipinski definition) is 4. The summed E-state index contributed by atoms with van der Waals surface area (Å²) in [7, 11) is 0. The normalized spacial score (nSPS) is 15.3. The van der Waals surface area contributed by atoms with Crippen molar-refractivity contribution in [2.45, 2.75) is 53.3 Å². The molecule has 3 aromatic carbocycles. The van der Waals surface area contributed by atoms with Gasteiger partial charge in [-0.15, -0.1) is 0 Å². The van der Waals surface area contributed by atoms with Crippen LogP contribution < -0.4 is 10.6 Å². The highest BCUT2D eigenvalue weighted by atomic mass is 16.4. The van der Waals surface area contributed by atoms with E-state index in [1.165, 1.54) is 0 Å². The summed E-state index contributed by atoms with van der Waals surface area (Å²) in [5.41, 5.74) is 10.4. The second kappa shape index (κ2) is 14.5. The van der Waals surface area contributed by atoms with Crippen molar-refractivity contribution in [1.29, 1.82) is 5.26 Å². The van der Waals surface area contributed by atoms with Gasteiger partial charge < -0.3 is 25.3 Å². The number of aliphatic carboxylic acids is 1. The number of fused-ring (bicyclic) bond motifs is 2. The average molecular weight is 697 g/mol. The minimum atomic E-state index is -0.771. The molecule has 4 N–H and O–H groups in total. The number of aliphatic hydroxyl groups excluding tert-OH is 1. The summed E-state index contributed by atoms with van der Waals surface area (Å²) in [6, 6.07) is 20.1. The van der Waals surface area contributed by atoms with Crippen LogP contribution in [-0.2, 0) is 17.9 Å². The second-order valence-electron chi connectivity index (χ2n) is 13.6. The summed E-state index contributed by atoms with van der Waals surface area (Å²) in [5.74, 6) is 0.522. The number of pyridine rings is 1. The number of anilines is 2. The van der Waals surface area contributed by atoms with Crippen LogP contribution in [0.2, 0.25) is 0 Å². The molecule has 0 saturated carbocycles. The van der Waals surface area contributed by atoms with E-state index in [4.69, 9.17) is 19.4 Å². The van der Waals surface area contributed by atoms with E-state index in [1.54, 1.807) is 13.1 Å². The van der Waals surface area contributed by atoms with Crippen molar-refractivity contribution >= 4 is 39.6 Å². The lowest BCUT2D eigenvalue weighted by molar-refractivity contribution is -0.141. The molecule has 3 aromatic heterocycles. The summed E-state index contributed by atoms with van der Waals surface area (Å²) < 4.78 is 6.27. The molecule has 1 fully saturated rings. The van der Waals surface area contributed by atoms with E-state index in [0.717, 1.165) is 50.1 Å². The molecule has 6 aromatic rings. The quantitative estimate of drug-likeness (QED) is 0.117. The van der Waals surface area contributed by atoms with Crippen LogP contribution in [0.5, 0.6) is 0 Å². The monoisotopic (exact) mass is 696 g/mol. The van der Waals surface area contributed by atoms with Crippen LogP contribution in [0.25, 0.3) is 44.7 Å². The van der Waals surface area contributed by atoms with Crippen molar-refractivity contribution in [3.8, 4) is 28.7 Å². The minimum absolute atomic E-state index is 0.370. The maximum absolute atomic E-state index is 11.5. The lowest BCUT2D eigenvalue weighted by Gasteiger charge is -2.17. The van der Waals surface area contributed by atoms with E-state index in [-0.39, 0.29) is 5.92 Å². The van der Waals surface area contributed by atoms with Gasteiger partial charge in [0.05, 0.1) is 23.1 Å². The Morgan fingerprint density at radius 1 is 1.02 bits per heavy atom. The fourth-order valence-electron chi connectivity index (χ4n) is 6.95. The van der Waals surface area contributed by atoms with Gasteiger partial charge in [-0.1, -0.05) is 24.3 Å². The van der Waals surface area contributed by atoms with Gasteiger partial charge >= 0.3 is 5.97 Å². The number of aryl methyl sites for hydroxylation is 1. The summed E-state index contributed by atoms with van der Waals surface area (Å²) in [6.45, 7) is 10.5. The molecule has 0 amide bonds. The van der Waals surface area contributed by atoms with Crippen molar-refractivity contribution in [1.82, 2.24) is 30.2 Å². The molecule has 12 heteroatoms. The maximum atomic E-state index is 11.5. The minimum Gasteiger partial charge on any atom is -0.481 e. The first-order chi connectivity index (χ1) is 25.1. The molecule has 1 aliphatic heterocycles. The summed E-state index contributed by atoms with van der Waals surface area (Å²) >= 11 is 0. The SMILES string of the molecule is Cc1nc(Nc2cccc(-c3cccc(-c4nc5cc(CN6CCC(C(=O)O)C6)cc(C#N)c5o4)c3C)c2C)c2ncc(CNC[C@H](C)O)cc2n1. The highest BCUT2D eigenvalue weighted by Gasteiger charge is 2.28. The van der Waals surface area contributed by atoms with Crippen LogP contribution in [-0.4, -0.2) is 66.8 Å². The zero-order chi connectivity index (χ0) is 36.5. The number of nitrogens with zero attached hydrogens (tertiary/aromatic N) is 6. The van der Waals surface area contributed by atoms with Crippen LogP contribution in [0, 0.1) is 38.0 Å². The zero-order valence-corrected chi connectivity index (χ0v) is 29.6. The first-order valence-electron chi connectivity index (χ1n) is 17.4. The number of carbonyl (C=O) groups is 1. The van der Waals surface area contributed by atoms with Crippen LogP contribution >= 0.6 is 0 Å². The van der Waals surface area contributed by atoms with Crippen molar-refractivity contribution in [3.63, 3.8) is 0 Å². The molecular weight excluding hydrogens is 656 g/mol. The largest absolute Gasteiger partial charge is 0.481 e. The molecule has 52 heavy (non-hydrogen) atoms. The van der Waals surface area contributed by atoms with Crippen molar-refractivity contribution in [2.75, 3.05) is 25.0 Å². The Morgan fingerprint density at radius 3 is 2.52 bits per heavy atom. The highest BCUT2D eigenvalue weighted by molar-refractivity contribution is 5.89. The van der Waals surface area contributed by atoms with Crippen molar-refractivity contribution < 1.29 is 19.4 Å². The number of benzene rings is 3. The third-order valence-electron chi connectivity index (χ3n) is 9.61. The molecule has 2 atom stereocenters. The smallest absolute Gasteiger partial charge is 0.307 e. The van der Waals surface area contributed by atoms with E-state index in [1.807, 2.05) is 56.3 Å². The molecule has 1 saturated heterocycles. The van der Waals surface area contributed by atoms with Gasteiger partial charge in [0.25, 0.3) is 0 Å². The van der Waals surface area contributed by atoms with Gasteiger partial charge in [-0.05, 0) is 104 Å². The zero-order valence-electron chi connectivity index (χ0n) is 29.6. The Bertz CT molecular complexity index is 2360. The topological polar surface area (TPSA) is 173 Å². The summed E-state index contributed by atoms with van der Waals surface area (Å²) in [5, 5.41) is 35.7. The van der Waals surface area contributed by atoms with Crippen LogP contribution in [0.1, 0.15) is 47.0 Å². The predicted octanol–water partition coefficient (Wildman–Crippen LogP) is 6.42. The number of carboxylic acids is 1. The number of aliphatic hydroxyl groups is 1. The fourth-order valence-corrected chi connectivity index (χ4v) is 6.95. The standard InChI is InChI=1S/C40H40N8O4/c1-22(49)17-42-18-27-15-34-36(43-19-27)38(45-25(4)44-34)46-33-10-6-8-31(24(33)3)30-7-5-9-32(23(30)2)39-47-35-14-26(13-29(16-41)37(35)52-39)20-48-12-11-28(21-48)40(50)51/h5-10,13-15,19,22,28,42,49H,11-12,17-18,20-21H2,1-4H3,(H,50,51)(H,44,45,46)/t22-,28?/m0/s1. The molecule has 0 bridgehead atoms. The number of nitrogens with one attached hydrogen (secondary N) is 2. The van der Waals surface area contributed by atoms with Gasteiger partial charge in [-0.2, -0.15) is 5.26 Å². The molecule has 264 valence electrons. The molecule has 12 nitrogen and oxygen atoms in total. The van der Waals surface area contributed by atoms with E-state index in [9.17, 15) is 20.3 Å². The second-order valence-corrected chi connectivity index (χ2v) is 13.6.